The molecule has 7 aromatic rings. The van der Waals surface area contributed by atoms with Gasteiger partial charge >= 0.3 is 0 Å². The Morgan fingerprint density at radius 3 is 1.98 bits per heavy atom. The summed E-state index contributed by atoms with van der Waals surface area (Å²) in [4.78, 5) is 11.6. The van der Waals surface area contributed by atoms with Gasteiger partial charge in [0.2, 0.25) is 0 Å². The van der Waals surface area contributed by atoms with Crippen molar-refractivity contribution < 1.29 is 25.8 Å². The van der Waals surface area contributed by atoms with Crippen LogP contribution in [0.15, 0.2) is 134 Å². The van der Waals surface area contributed by atoms with Crippen molar-refractivity contribution in [2.75, 3.05) is 4.90 Å². The molecule has 1 aliphatic heterocycles. The second-order valence-electron chi connectivity index (χ2n) is 11.2. The molecule has 0 saturated heterocycles. The normalized spacial score (nSPS) is 13.3. The average Bonchev–Trinajstić information content (AvgIpc) is 3.36. The van der Waals surface area contributed by atoms with Crippen LogP contribution in [0, 0.1) is 0 Å². The van der Waals surface area contributed by atoms with Crippen LogP contribution in [0.4, 0.5) is 17.2 Å². The Bertz CT molecular complexity index is 2110. The molecule has 8 rings (SSSR count). The van der Waals surface area contributed by atoms with Crippen LogP contribution in [0.25, 0.3) is 27.6 Å². The third-order valence-corrected chi connectivity index (χ3v) is 8.34. The molecule has 43 heavy (non-hydrogen) atoms. The van der Waals surface area contributed by atoms with Crippen LogP contribution in [-0.4, -0.2) is 14.5 Å². The van der Waals surface area contributed by atoms with Crippen molar-refractivity contribution in [1.82, 2.24) is 14.5 Å². The number of fused-ring (bicyclic) bond motifs is 5. The van der Waals surface area contributed by atoms with Crippen molar-refractivity contribution in [3.8, 4) is 17.3 Å². The summed E-state index contributed by atoms with van der Waals surface area (Å²) in [7, 11) is 0. The van der Waals surface area contributed by atoms with Crippen LogP contribution in [0.5, 0.6) is 11.5 Å². The van der Waals surface area contributed by atoms with Gasteiger partial charge in [0.1, 0.15) is 23.1 Å². The van der Waals surface area contributed by atoms with Crippen molar-refractivity contribution in [1.29, 1.82) is 0 Å². The summed E-state index contributed by atoms with van der Waals surface area (Å²) in [6.07, 6.45) is 3.67. The fourth-order valence-corrected chi connectivity index (χ4v) is 6.38. The molecular formula is C37H28N4OPt. The first kappa shape index (κ1) is 27.1. The SMILES string of the molecule is CC1(C)c2ccccc2N(c2ccccn2)c2cc(Oc3ccc4c5ccccc5n(-c5ccccn5)c4c3)ccc21.[Pt]. The summed E-state index contributed by atoms with van der Waals surface area (Å²) in [5.74, 6) is 3.29. The maximum atomic E-state index is 6.60. The second kappa shape index (κ2) is 10.5. The van der Waals surface area contributed by atoms with Gasteiger partial charge < -0.3 is 4.74 Å². The number of rotatable bonds is 4. The molecule has 0 atom stereocenters. The zero-order valence-corrected chi connectivity index (χ0v) is 26.0. The molecule has 0 spiro atoms. The predicted octanol–water partition coefficient (Wildman–Crippen LogP) is 9.47. The molecule has 0 bridgehead atoms. The van der Waals surface area contributed by atoms with Crippen molar-refractivity contribution in [3.63, 3.8) is 0 Å². The molecule has 212 valence electrons. The van der Waals surface area contributed by atoms with Gasteiger partial charge in [0.15, 0.2) is 0 Å². The Morgan fingerprint density at radius 2 is 1.19 bits per heavy atom. The molecule has 0 N–H and O–H groups in total. The first-order chi connectivity index (χ1) is 20.6. The number of aromatic nitrogens is 3. The van der Waals surface area contributed by atoms with E-state index in [4.69, 9.17) is 9.72 Å². The van der Waals surface area contributed by atoms with Crippen molar-refractivity contribution >= 4 is 39.0 Å². The minimum absolute atomic E-state index is 0. The van der Waals surface area contributed by atoms with Gasteiger partial charge in [0, 0.05) is 61.8 Å². The fourth-order valence-electron chi connectivity index (χ4n) is 6.38. The van der Waals surface area contributed by atoms with Gasteiger partial charge in [0.25, 0.3) is 0 Å². The minimum atomic E-state index is -0.182. The van der Waals surface area contributed by atoms with E-state index in [0.29, 0.717) is 0 Å². The number of nitrogens with zero attached hydrogens (tertiary/aromatic N) is 4. The zero-order chi connectivity index (χ0) is 28.3. The Balaban J connectivity index is 0.00000300. The van der Waals surface area contributed by atoms with Crippen molar-refractivity contribution in [2.24, 2.45) is 0 Å². The van der Waals surface area contributed by atoms with Gasteiger partial charge in [0.05, 0.1) is 22.4 Å². The van der Waals surface area contributed by atoms with Crippen molar-refractivity contribution in [3.05, 3.63) is 145 Å². The van der Waals surface area contributed by atoms with E-state index in [9.17, 15) is 0 Å². The molecule has 1 aliphatic rings. The molecule has 0 unspecified atom stereocenters. The van der Waals surface area contributed by atoms with Gasteiger partial charge in [-0.1, -0.05) is 68.4 Å². The maximum Gasteiger partial charge on any atom is 0.137 e. The molecule has 4 heterocycles. The van der Waals surface area contributed by atoms with Gasteiger partial charge in [-0.3, -0.25) is 9.47 Å². The summed E-state index contributed by atoms with van der Waals surface area (Å²) < 4.78 is 8.80. The second-order valence-corrected chi connectivity index (χ2v) is 11.2. The van der Waals surface area contributed by atoms with Gasteiger partial charge in [-0.2, -0.15) is 0 Å². The summed E-state index contributed by atoms with van der Waals surface area (Å²) in [6.45, 7) is 4.57. The standard InChI is InChI=1S/C37H28N4O.Pt/c1-37(2)29-12-4-6-14-32(29)41(36-16-8-10-22-39-36)34-24-26(18-20-30(34)37)42-25-17-19-28-27-11-3-5-13-31(27)40(33(28)23-25)35-15-7-9-21-38-35;/h3-24H,1-2H3;. The number of para-hydroxylation sites is 2. The third-order valence-electron chi connectivity index (χ3n) is 8.34. The smallest absolute Gasteiger partial charge is 0.137 e. The molecule has 4 aromatic carbocycles. The van der Waals surface area contributed by atoms with E-state index in [-0.39, 0.29) is 26.5 Å². The van der Waals surface area contributed by atoms with E-state index in [0.717, 1.165) is 50.9 Å². The monoisotopic (exact) mass is 739 g/mol. The summed E-state index contributed by atoms with van der Waals surface area (Å²) in [6, 6.07) is 41.8. The topological polar surface area (TPSA) is 43.2 Å². The number of ether oxygens (including phenoxy) is 1. The van der Waals surface area contributed by atoms with E-state index in [1.54, 1.807) is 0 Å². The fraction of sp³-hybridized carbons (Fsp3) is 0.0811. The van der Waals surface area contributed by atoms with E-state index >= 15 is 0 Å². The van der Waals surface area contributed by atoms with Crippen LogP contribution in [-0.2, 0) is 26.5 Å². The van der Waals surface area contributed by atoms with E-state index in [2.05, 4.69) is 113 Å². The minimum Gasteiger partial charge on any atom is -0.457 e. The van der Waals surface area contributed by atoms with Gasteiger partial charge in [-0.05, 0) is 65.7 Å². The van der Waals surface area contributed by atoms with Gasteiger partial charge in [-0.25, -0.2) is 9.97 Å². The average molecular weight is 740 g/mol. The molecule has 0 radical (unpaired) electrons. The molecule has 6 heteroatoms. The zero-order valence-electron chi connectivity index (χ0n) is 23.7. The quantitative estimate of drug-likeness (QED) is 0.181. The number of benzene rings is 4. The van der Waals surface area contributed by atoms with Crippen LogP contribution >= 0.6 is 0 Å². The number of hydrogen-bond donors (Lipinski definition) is 0. The van der Waals surface area contributed by atoms with Crippen LogP contribution in [0.2, 0.25) is 0 Å². The van der Waals surface area contributed by atoms with E-state index in [1.807, 2.05) is 48.8 Å². The van der Waals surface area contributed by atoms with E-state index in [1.165, 1.54) is 16.5 Å². The third kappa shape index (κ3) is 4.35. The number of anilines is 3. The maximum absolute atomic E-state index is 6.60. The summed E-state index contributed by atoms with van der Waals surface area (Å²) in [5, 5.41) is 2.35. The Kier molecular flexibility index (Phi) is 6.63. The largest absolute Gasteiger partial charge is 0.457 e. The number of pyridine rings is 2. The first-order valence-electron chi connectivity index (χ1n) is 14.2. The number of hydrogen-bond acceptors (Lipinski definition) is 4. The van der Waals surface area contributed by atoms with Gasteiger partial charge in [-0.15, -0.1) is 0 Å². The Morgan fingerprint density at radius 1 is 0.558 bits per heavy atom. The molecular weight excluding hydrogens is 712 g/mol. The molecule has 0 amide bonds. The van der Waals surface area contributed by atoms with Crippen LogP contribution in [0.3, 0.4) is 0 Å². The van der Waals surface area contributed by atoms with Crippen LogP contribution < -0.4 is 9.64 Å². The Labute approximate surface area is 264 Å². The molecule has 5 nitrogen and oxygen atoms in total. The van der Waals surface area contributed by atoms with E-state index < -0.39 is 0 Å². The Hall–Kier alpha value is -4.73. The summed E-state index contributed by atoms with van der Waals surface area (Å²) >= 11 is 0. The van der Waals surface area contributed by atoms with Crippen molar-refractivity contribution in [2.45, 2.75) is 19.3 Å². The first-order valence-corrected chi connectivity index (χ1v) is 14.2. The molecule has 0 fully saturated rings. The van der Waals surface area contributed by atoms with Crippen LogP contribution in [0.1, 0.15) is 25.0 Å². The molecule has 0 aliphatic carbocycles. The molecule has 3 aromatic heterocycles. The molecule has 0 saturated carbocycles. The predicted molar refractivity (Wildman–Crippen MR) is 170 cm³/mol. The summed E-state index contributed by atoms with van der Waals surface area (Å²) in [5.41, 5.74) is 6.68.